The summed E-state index contributed by atoms with van der Waals surface area (Å²) in [6.45, 7) is 3.57. The number of hydrogen-bond acceptors (Lipinski definition) is 5. The van der Waals surface area contributed by atoms with E-state index in [9.17, 15) is 17.7 Å². The summed E-state index contributed by atoms with van der Waals surface area (Å²) in [5.41, 5.74) is -0.132. The van der Waals surface area contributed by atoms with Crippen LogP contribution in [0.15, 0.2) is 48.5 Å². The molecule has 0 aromatic heterocycles. The van der Waals surface area contributed by atoms with Crippen molar-refractivity contribution in [2.45, 2.75) is 25.8 Å². The van der Waals surface area contributed by atoms with Crippen LogP contribution < -0.4 is 10.1 Å². The summed E-state index contributed by atoms with van der Waals surface area (Å²) in [6, 6.07) is 11.3. The number of ether oxygens (including phenoxy) is 1. The molecular weight excluding hydrogens is 394 g/mol. The van der Waals surface area contributed by atoms with Crippen LogP contribution in [0, 0.1) is 0 Å². The number of methoxy groups -OCH3 is 1. The van der Waals surface area contributed by atoms with E-state index in [1.54, 1.807) is 38.1 Å². The Kier molecular flexibility index (Phi) is 7.52. The molecule has 154 valence electrons. The van der Waals surface area contributed by atoms with Gasteiger partial charge in [-0.15, -0.1) is 0 Å². The highest BCUT2D eigenvalue weighted by Crippen LogP contribution is 2.60. The zero-order valence-electron chi connectivity index (χ0n) is 15.8. The standard InChI is InChI=1S/C19H23F3NO4P/c1-4-26-28(24,27-5-2)18(14-9-11-17(25-3)12-10-14)23-16-8-6-7-15(13-16)19(20,21)22/h6-13,18,23H,4-5H2,1-3H3. The molecule has 9 heteroatoms. The SMILES string of the molecule is CCOP(=O)(OCC)C(Nc1cccc(C(F)(F)F)c1)c1ccc(OC)cc1. The molecule has 2 aromatic carbocycles. The van der Waals surface area contributed by atoms with E-state index in [0.29, 0.717) is 11.3 Å². The minimum Gasteiger partial charge on any atom is -0.497 e. The first-order valence-corrected chi connectivity index (χ1v) is 10.3. The van der Waals surface area contributed by atoms with Crippen LogP contribution in [0.5, 0.6) is 5.75 Å². The molecule has 1 N–H and O–H groups in total. The Morgan fingerprint density at radius 3 is 2.14 bits per heavy atom. The monoisotopic (exact) mass is 417 g/mol. The lowest BCUT2D eigenvalue weighted by atomic mass is 10.1. The van der Waals surface area contributed by atoms with Crippen molar-refractivity contribution in [3.63, 3.8) is 0 Å². The molecule has 0 aliphatic heterocycles. The van der Waals surface area contributed by atoms with Gasteiger partial charge in [-0.3, -0.25) is 4.57 Å². The molecule has 0 radical (unpaired) electrons. The van der Waals surface area contributed by atoms with Gasteiger partial charge in [0.1, 0.15) is 5.75 Å². The van der Waals surface area contributed by atoms with Crippen LogP contribution in [-0.2, 0) is 19.8 Å². The Balaban J connectivity index is 2.47. The molecule has 0 fully saturated rings. The van der Waals surface area contributed by atoms with E-state index in [2.05, 4.69) is 5.32 Å². The van der Waals surface area contributed by atoms with Gasteiger partial charge in [0.15, 0.2) is 5.78 Å². The molecule has 0 bridgehead atoms. The second-order valence-corrected chi connectivity index (χ2v) is 7.89. The number of anilines is 1. The highest BCUT2D eigenvalue weighted by atomic mass is 31.2. The van der Waals surface area contributed by atoms with E-state index in [1.807, 2.05) is 0 Å². The first-order chi connectivity index (χ1) is 13.2. The van der Waals surface area contributed by atoms with Crippen LogP contribution in [0.4, 0.5) is 18.9 Å². The maximum atomic E-state index is 13.4. The Bertz CT molecular complexity index is 802. The van der Waals surface area contributed by atoms with Crippen molar-refractivity contribution in [1.82, 2.24) is 0 Å². The van der Waals surface area contributed by atoms with Crippen LogP contribution in [0.1, 0.15) is 30.8 Å². The lowest BCUT2D eigenvalue weighted by Gasteiger charge is -2.28. The van der Waals surface area contributed by atoms with Gasteiger partial charge >= 0.3 is 13.8 Å². The average Bonchev–Trinajstić information content (AvgIpc) is 2.66. The second-order valence-electron chi connectivity index (χ2n) is 5.77. The van der Waals surface area contributed by atoms with Gasteiger partial charge in [-0.05, 0) is 49.7 Å². The van der Waals surface area contributed by atoms with Crippen molar-refractivity contribution in [3.8, 4) is 5.75 Å². The summed E-state index contributed by atoms with van der Waals surface area (Å²) in [5.74, 6) is -0.411. The number of rotatable bonds is 9. The Morgan fingerprint density at radius 1 is 1.04 bits per heavy atom. The van der Waals surface area contributed by atoms with Crippen molar-refractivity contribution in [1.29, 1.82) is 0 Å². The van der Waals surface area contributed by atoms with Gasteiger partial charge in [0.2, 0.25) is 0 Å². The minimum atomic E-state index is -4.49. The Hall–Kier alpha value is -2.02. The molecule has 1 unspecified atom stereocenters. The van der Waals surface area contributed by atoms with Crippen LogP contribution in [-0.4, -0.2) is 20.3 Å². The van der Waals surface area contributed by atoms with E-state index in [4.69, 9.17) is 13.8 Å². The predicted molar refractivity (Wildman–Crippen MR) is 102 cm³/mol. The molecular formula is C19H23F3NO4P. The summed E-state index contributed by atoms with van der Waals surface area (Å²) in [6.07, 6.45) is -4.49. The molecule has 0 aliphatic carbocycles. The second kappa shape index (κ2) is 9.45. The van der Waals surface area contributed by atoms with E-state index in [0.717, 1.165) is 12.1 Å². The molecule has 0 saturated heterocycles. The quantitative estimate of drug-likeness (QED) is 0.501. The number of nitrogens with one attached hydrogen (secondary N) is 1. The number of hydrogen-bond donors (Lipinski definition) is 1. The third kappa shape index (κ3) is 5.50. The minimum absolute atomic E-state index is 0.119. The van der Waals surface area contributed by atoms with Gasteiger partial charge in [0, 0.05) is 5.69 Å². The first kappa shape index (κ1) is 22.3. The van der Waals surface area contributed by atoms with Gasteiger partial charge in [0.25, 0.3) is 0 Å². The molecule has 0 spiro atoms. The van der Waals surface area contributed by atoms with Crippen LogP contribution in [0.25, 0.3) is 0 Å². The summed E-state index contributed by atoms with van der Waals surface area (Å²) >= 11 is 0. The normalized spacial score (nSPS) is 13.2. The van der Waals surface area contributed by atoms with E-state index in [-0.39, 0.29) is 18.9 Å². The highest BCUT2D eigenvalue weighted by molar-refractivity contribution is 7.54. The Labute approximate surface area is 162 Å². The van der Waals surface area contributed by atoms with Gasteiger partial charge in [0.05, 0.1) is 25.9 Å². The zero-order chi connectivity index (χ0) is 20.8. The molecule has 28 heavy (non-hydrogen) atoms. The van der Waals surface area contributed by atoms with Gasteiger partial charge < -0.3 is 19.1 Å². The van der Waals surface area contributed by atoms with Crippen molar-refractivity contribution in [2.75, 3.05) is 25.6 Å². The predicted octanol–water partition coefficient (Wildman–Crippen LogP) is 6.09. The van der Waals surface area contributed by atoms with Crippen molar-refractivity contribution in [3.05, 3.63) is 59.7 Å². The molecule has 0 saturated carbocycles. The molecule has 1 atom stereocenters. The smallest absolute Gasteiger partial charge is 0.416 e. The van der Waals surface area contributed by atoms with Gasteiger partial charge in [-0.1, -0.05) is 18.2 Å². The maximum absolute atomic E-state index is 13.4. The zero-order valence-corrected chi connectivity index (χ0v) is 16.7. The number of benzene rings is 2. The third-order valence-electron chi connectivity index (χ3n) is 3.86. The van der Waals surface area contributed by atoms with Crippen LogP contribution in [0.3, 0.4) is 0 Å². The topological polar surface area (TPSA) is 56.8 Å². The maximum Gasteiger partial charge on any atom is 0.416 e. The third-order valence-corrected chi connectivity index (χ3v) is 6.16. The Morgan fingerprint density at radius 2 is 1.64 bits per heavy atom. The lowest BCUT2D eigenvalue weighted by molar-refractivity contribution is -0.137. The number of halogens is 3. The van der Waals surface area contributed by atoms with E-state index >= 15 is 0 Å². The molecule has 2 aromatic rings. The summed E-state index contributed by atoms with van der Waals surface area (Å²) in [7, 11) is -2.22. The summed E-state index contributed by atoms with van der Waals surface area (Å²) in [4.78, 5) is 0. The average molecular weight is 417 g/mol. The van der Waals surface area contributed by atoms with Gasteiger partial charge in [-0.2, -0.15) is 13.2 Å². The van der Waals surface area contributed by atoms with Crippen molar-refractivity contribution >= 4 is 13.3 Å². The fraction of sp³-hybridized carbons (Fsp3) is 0.368. The summed E-state index contributed by atoms with van der Waals surface area (Å²) < 4.78 is 68.5. The molecule has 0 heterocycles. The number of alkyl halides is 3. The lowest BCUT2D eigenvalue weighted by Crippen LogP contribution is -2.16. The van der Waals surface area contributed by atoms with Crippen LogP contribution in [0.2, 0.25) is 0 Å². The highest BCUT2D eigenvalue weighted by Gasteiger charge is 2.37. The van der Waals surface area contributed by atoms with Crippen LogP contribution >= 0.6 is 7.60 Å². The fourth-order valence-corrected chi connectivity index (χ4v) is 4.56. The van der Waals surface area contributed by atoms with Crippen molar-refractivity contribution < 1.29 is 31.5 Å². The molecule has 2 rings (SSSR count). The van der Waals surface area contributed by atoms with Crippen molar-refractivity contribution in [2.24, 2.45) is 0 Å². The first-order valence-electron chi connectivity index (χ1n) is 8.70. The largest absolute Gasteiger partial charge is 0.497 e. The van der Waals surface area contributed by atoms with Gasteiger partial charge in [-0.25, -0.2) is 0 Å². The summed E-state index contributed by atoms with van der Waals surface area (Å²) in [5, 5.41) is 2.90. The molecule has 5 nitrogen and oxygen atoms in total. The molecule has 0 amide bonds. The fourth-order valence-electron chi connectivity index (χ4n) is 2.62. The van der Waals surface area contributed by atoms with E-state index < -0.39 is 25.1 Å². The molecule has 0 aliphatic rings. The van der Waals surface area contributed by atoms with E-state index in [1.165, 1.54) is 19.2 Å².